The summed E-state index contributed by atoms with van der Waals surface area (Å²) < 4.78 is 0. The fraction of sp³-hybridized carbons (Fsp3) is 0.318. The molecule has 3 aromatic rings. The van der Waals surface area contributed by atoms with Crippen LogP contribution in [0.15, 0.2) is 42.5 Å². The van der Waals surface area contributed by atoms with Gasteiger partial charge in [0.2, 0.25) is 17.8 Å². The third-order valence-electron chi connectivity index (χ3n) is 4.80. The first-order chi connectivity index (χ1) is 13.5. The Morgan fingerprint density at radius 2 is 1.25 bits per heavy atom. The van der Waals surface area contributed by atoms with Gasteiger partial charge in [-0.2, -0.15) is 15.0 Å². The van der Waals surface area contributed by atoms with Gasteiger partial charge in [0, 0.05) is 24.5 Å². The van der Waals surface area contributed by atoms with Crippen LogP contribution in [0.5, 0.6) is 0 Å². The van der Waals surface area contributed by atoms with E-state index in [1.807, 2.05) is 12.1 Å². The van der Waals surface area contributed by atoms with E-state index in [1.54, 1.807) is 0 Å². The molecule has 6 nitrogen and oxygen atoms in total. The number of anilines is 5. The third kappa shape index (κ3) is 4.39. The molecule has 1 aromatic heterocycles. The Labute approximate surface area is 166 Å². The third-order valence-corrected chi connectivity index (χ3v) is 4.80. The Bertz CT molecular complexity index is 941. The maximum Gasteiger partial charge on any atom is 0.233 e. The van der Waals surface area contributed by atoms with E-state index in [0.717, 1.165) is 24.5 Å². The average molecular weight is 374 g/mol. The number of benzene rings is 2. The van der Waals surface area contributed by atoms with Crippen LogP contribution >= 0.6 is 0 Å². The summed E-state index contributed by atoms with van der Waals surface area (Å²) in [7, 11) is 0. The van der Waals surface area contributed by atoms with Gasteiger partial charge in [-0.15, -0.1) is 0 Å². The van der Waals surface area contributed by atoms with Gasteiger partial charge in [-0.1, -0.05) is 23.8 Å². The summed E-state index contributed by atoms with van der Waals surface area (Å²) in [4.78, 5) is 16.2. The summed E-state index contributed by atoms with van der Waals surface area (Å²) in [5, 5.41) is 6.67. The maximum atomic E-state index is 4.68. The van der Waals surface area contributed by atoms with Crippen molar-refractivity contribution in [3.63, 3.8) is 0 Å². The molecule has 1 fully saturated rings. The van der Waals surface area contributed by atoms with Crippen LogP contribution in [0.25, 0.3) is 0 Å². The molecule has 0 unspecified atom stereocenters. The summed E-state index contributed by atoms with van der Waals surface area (Å²) in [6, 6.07) is 14.5. The first kappa shape index (κ1) is 18.2. The molecule has 2 N–H and O–H groups in total. The molecule has 0 aliphatic carbocycles. The van der Waals surface area contributed by atoms with Crippen molar-refractivity contribution in [1.82, 2.24) is 15.0 Å². The Kier molecular flexibility index (Phi) is 5.10. The Balaban J connectivity index is 1.65. The lowest BCUT2D eigenvalue weighted by atomic mass is 10.1. The van der Waals surface area contributed by atoms with Crippen LogP contribution in [0, 0.1) is 20.8 Å². The zero-order valence-electron chi connectivity index (χ0n) is 16.7. The summed E-state index contributed by atoms with van der Waals surface area (Å²) in [5.41, 5.74) is 5.57. The molecule has 2 heterocycles. The molecule has 1 aliphatic heterocycles. The van der Waals surface area contributed by atoms with E-state index in [1.165, 1.54) is 29.5 Å². The minimum absolute atomic E-state index is 0.549. The molecule has 0 radical (unpaired) electrons. The fourth-order valence-corrected chi connectivity index (χ4v) is 3.48. The molecule has 1 saturated heterocycles. The van der Waals surface area contributed by atoms with Crippen molar-refractivity contribution in [1.29, 1.82) is 0 Å². The molecular formula is C22H26N6. The monoisotopic (exact) mass is 374 g/mol. The van der Waals surface area contributed by atoms with E-state index in [0.29, 0.717) is 17.8 Å². The Morgan fingerprint density at radius 3 is 1.86 bits per heavy atom. The van der Waals surface area contributed by atoms with Gasteiger partial charge in [0.15, 0.2) is 0 Å². The van der Waals surface area contributed by atoms with Gasteiger partial charge in [0.25, 0.3) is 0 Å². The summed E-state index contributed by atoms with van der Waals surface area (Å²) in [5.74, 6) is 1.82. The van der Waals surface area contributed by atoms with Crippen molar-refractivity contribution in [3.05, 3.63) is 59.2 Å². The molecule has 0 bridgehead atoms. The zero-order valence-corrected chi connectivity index (χ0v) is 16.7. The van der Waals surface area contributed by atoms with Gasteiger partial charge >= 0.3 is 0 Å². The molecule has 0 amide bonds. The van der Waals surface area contributed by atoms with Crippen LogP contribution in [0.1, 0.15) is 29.5 Å². The van der Waals surface area contributed by atoms with Crippen LogP contribution in [-0.4, -0.2) is 28.0 Å². The number of rotatable bonds is 5. The predicted octanol–water partition coefficient (Wildman–Crippen LogP) is 4.88. The number of nitrogens with zero attached hydrogens (tertiary/aromatic N) is 4. The van der Waals surface area contributed by atoms with E-state index < -0.39 is 0 Å². The Morgan fingerprint density at radius 1 is 0.679 bits per heavy atom. The molecule has 28 heavy (non-hydrogen) atoms. The zero-order chi connectivity index (χ0) is 19.5. The van der Waals surface area contributed by atoms with Gasteiger partial charge in [-0.3, -0.25) is 0 Å². The minimum Gasteiger partial charge on any atom is -0.341 e. The molecule has 144 valence electrons. The summed E-state index contributed by atoms with van der Waals surface area (Å²) in [6.45, 7) is 8.22. The largest absolute Gasteiger partial charge is 0.341 e. The SMILES string of the molecule is Cc1ccc(Nc2nc(Nc3cc(C)cc(C)c3)nc(N3CCCC3)n2)cc1. The van der Waals surface area contributed by atoms with E-state index in [2.05, 4.69) is 81.6 Å². The standard InChI is InChI=1S/C22H26N6/c1-15-6-8-18(9-7-15)23-20-25-21(24-19-13-16(2)12-17(3)14-19)27-22(26-20)28-10-4-5-11-28/h6-9,12-14H,4-5,10-11H2,1-3H3,(H2,23,24,25,26,27). The molecule has 2 aromatic carbocycles. The second kappa shape index (κ2) is 7.84. The molecule has 1 aliphatic rings. The van der Waals surface area contributed by atoms with Gasteiger partial charge in [0.1, 0.15) is 0 Å². The first-order valence-electron chi connectivity index (χ1n) is 9.75. The highest BCUT2D eigenvalue weighted by molar-refractivity contribution is 5.60. The lowest BCUT2D eigenvalue weighted by molar-refractivity contribution is 0.886. The first-order valence-corrected chi connectivity index (χ1v) is 9.75. The number of aryl methyl sites for hydroxylation is 3. The lowest BCUT2D eigenvalue weighted by Gasteiger charge is -2.17. The van der Waals surface area contributed by atoms with Crippen molar-refractivity contribution < 1.29 is 0 Å². The molecular weight excluding hydrogens is 348 g/mol. The number of hydrogen-bond acceptors (Lipinski definition) is 6. The van der Waals surface area contributed by atoms with Crippen LogP contribution < -0.4 is 15.5 Å². The highest BCUT2D eigenvalue weighted by Gasteiger charge is 2.17. The maximum absolute atomic E-state index is 4.68. The second-order valence-electron chi connectivity index (χ2n) is 7.47. The molecule has 0 atom stereocenters. The highest BCUT2D eigenvalue weighted by Crippen LogP contribution is 2.23. The fourth-order valence-electron chi connectivity index (χ4n) is 3.48. The van der Waals surface area contributed by atoms with Crippen molar-refractivity contribution in [2.24, 2.45) is 0 Å². The minimum atomic E-state index is 0.549. The summed E-state index contributed by atoms with van der Waals surface area (Å²) >= 11 is 0. The van der Waals surface area contributed by atoms with Crippen molar-refractivity contribution in [2.75, 3.05) is 28.6 Å². The topological polar surface area (TPSA) is 66.0 Å². The van der Waals surface area contributed by atoms with Crippen molar-refractivity contribution in [3.8, 4) is 0 Å². The highest BCUT2D eigenvalue weighted by atomic mass is 15.3. The lowest BCUT2D eigenvalue weighted by Crippen LogP contribution is -2.21. The smallest absolute Gasteiger partial charge is 0.233 e. The quantitative estimate of drug-likeness (QED) is 0.663. The normalized spacial score (nSPS) is 13.6. The predicted molar refractivity (Wildman–Crippen MR) is 115 cm³/mol. The van der Waals surface area contributed by atoms with E-state index >= 15 is 0 Å². The Hall–Kier alpha value is -3.15. The molecule has 4 rings (SSSR count). The van der Waals surface area contributed by atoms with Gasteiger partial charge < -0.3 is 15.5 Å². The van der Waals surface area contributed by atoms with Crippen LogP contribution in [0.3, 0.4) is 0 Å². The number of hydrogen-bond donors (Lipinski definition) is 2. The summed E-state index contributed by atoms with van der Waals surface area (Å²) in [6.07, 6.45) is 2.35. The van der Waals surface area contributed by atoms with Crippen molar-refractivity contribution >= 4 is 29.2 Å². The molecule has 6 heteroatoms. The number of aromatic nitrogens is 3. The average Bonchev–Trinajstić information content (AvgIpc) is 3.17. The number of nitrogens with one attached hydrogen (secondary N) is 2. The van der Waals surface area contributed by atoms with Gasteiger partial charge in [-0.05, 0) is 69.0 Å². The van der Waals surface area contributed by atoms with Crippen LogP contribution in [0.2, 0.25) is 0 Å². The molecule has 0 spiro atoms. The van der Waals surface area contributed by atoms with E-state index in [9.17, 15) is 0 Å². The van der Waals surface area contributed by atoms with Gasteiger partial charge in [-0.25, -0.2) is 0 Å². The van der Waals surface area contributed by atoms with E-state index in [4.69, 9.17) is 0 Å². The second-order valence-corrected chi connectivity index (χ2v) is 7.47. The van der Waals surface area contributed by atoms with Crippen LogP contribution in [0.4, 0.5) is 29.2 Å². The van der Waals surface area contributed by atoms with Gasteiger partial charge in [0.05, 0.1) is 0 Å². The van der Waals surface area contributed by atoms with E-state index in [-0.39, 0.29) is 0 Å². The van der Waals surface area contributed by atoms with Crippen LogP contribution in [-0.2, 0) is 0 Å². The van der Waals surface area contributed by atoms with Crippen molar-refractivity contribution in [2.45, 2.75) is 33.6 Å². The molecule has 0 saturated carbocycles.